The molecule has 2 aromatic rings. The van der Waals surface area contributed by atoms with Crippen LogP contribution in [0.5, 0.6) is 0 Å². The topological polar surface area (TPSA) is 113 Å². The first-order valence-corrected chi connectivity index (χ1v) is 6.39. The average molecular weight is 280 g/mol. The number of rotatable bonds is 5. The number of amides is 2. The summed E-state index contributed by atoms with van der Waals surface area (Å²) in [5.41, 5.74) is 0. The first kappa shape index (κ1) is 13.1. The Bertz CT molecular complexity index is 538. The zero-order chi connectivity index (χ0) is 13.7. The van der Waals surface area contributed by atoms with E-state index in [4.69, 9.17) is 0 Å². The Hall–Kier alpha value is -2.29. The van der Waals surface area contributed by atoms with E-state index in [-0.39, 0.29) is 18.4 Å². The summed E-state index contributed by atoms with van der Waals surface area (Å²) in [4.78, 5) is 24.0. The molecule has 2 amide bonds. The number of carbonyl (C=O) groups is 2. The molecule has 2 rings (SSSR count). The monoisotopic (exact) mass is 280 g/mol. The summed E-state index contributed by atoms with van der Waals surface area (Å²) in [6, 6.07) is 2.84. The lowest BCUT2D eigenvalue weighted by Crippen LogP contribution is -2.44. The van der Waals surface area contributed by atoms with Gasteiger partial charge in [-0.05, 0) is 18.4 Å². The van der Waals surface area contributed by atoms with Gasteiger partial charge in [0.15, 0.2) is 5.82 Å². The number of nitrogens with zero attached hydrogens (tertiary/aromatic N) is 3. The Morgan fingerprint density at radius 1 is 1.53 bits per heavy atom. The second kappa shape index (κ2) is 6.05. The van der Waals surface area contributed by atoms with Crippen molar-refractivity contribution in [2.45, 2.75) is 19.5 Å². The first-order chi connectivity index (χ1) is 9.16. The predicted molar refractivity (Wildman–Crippen MR) is 67.3 cm³/mol. The molecule has 0 aliphatic rings. The van der Waals surface area contributed by atoms with Gasteiger partial charge in [-0.3, -0.25) is 9.59 Å². The van der Waals surface area contributed by atoms with Crippen molar-refractivity contribution in [3.05, 3.63) is 28.2 Å². The van der Waals surface area contributed by atoms with Crippen LogP contribution < -0.4 is 10.6 Å². The highest BCUT2D eigenvalue weighted by Gasteiger charge is 2.17. The fourth-order valence-corrected chi connectivity index (χ4v) is 1.94. The zero-order valence-corrected chi connectivity index (χ0v) is 10.9. The lowest BCUT2D eigenvalue weighted by atomic mass is 10.3. The highest BCUT2D eigenvalue weighted by Crippen LogP contribution is 2.08. The number of nitrogens with one attached hydrogen (secondary N) is 3. The van der Waals surface area contributed by atoms with Crippen molar-refractivity contribution in [2.75, 3.05) is 0 Å². The molecule has 1 atom stereocenters. The highest BCUT2D eigenvalue weighted by molar-refractivity contribution is 7.12. The molecule has 3 N–H and O–H groups in total. The van der Waals surface area contributed by atoms with Crippen molar-refractivity contribution in [1.82, 2.24) is 31.3 Å². The van der Waals surface area contributed by atoms with Crippen molar-refractivity contribution in [3.8, 4) is 0 Å². The van der Waals surface area contributed by atoms with E-state index in [0.29, 0.717) is 10.7 Å². The average Bonchev–Trinajstić information content (AvgIpc) is 3.08. The van der Waals surface area contributed by atoms with Gasteiger partial charge in [0.1, 0.15) is 6.04 Å². The number of aromatic nitrogens is 4. The molecule has 0 saturated heterocycles. The lowest BCUT2D eigenvalue weighted by Gasteiger charge is -2.12. The molecule has 0 bridgehead atoms. The molecule has 0 fully saturated rings. The molecule has 0 spiro atoms. The van der Waals surface area contributed by atoms with E-state index in [1.54, 1.807) is 24.4 Å². The Labute approximate surface area is 112 Å². The molecular weight excluding hydrogens is 268 g/mol. The van der Waals surface area contributed by atoms with E-state index in [1.165, 1.54) is 11.3 Å². The largest absolute Gasteiger partial charge is 0.347 e. The summed E-state index contributed by atoms with van der Waals surface area (Å²) < 4.78 is 0. The summed E-state index contributed by atoms with van der Waals surface area (Å²) in [5, 5.41) is 20.1. The maximum atomic E-state index is 11.7. The van der Waals surface area contributed by atoms with Crippen LogP contribution in [0.15, 0.2) is 17.5 Å². The molecule has 100 valence electrons. The smallest absolute Gasteiger partial charge is 0.261 e. The molecule has 0 radical (unpaired) electrons. The van der Waals surface area contributed by atoms with E-state index >= 15 is 0 Å². The van der Waals surface area contributed by atoms with Gasteiger partial charge in [-0.2, -0.15) is 5.21 Å². The van der Waals surface area contributed by atoms with Crippen LogP contribution in [-0.4, -0.2) is 38.5 Å². The lowest BCUT2D eigenvalue weighted by molar-refractivity contribution is -0.122. The van der Waals surface area contributed by atoms with Crippen LogP contribution >= 0.6 is 11.3 Å². The van der Waals surface area contributed by atoms with Crippen LogP contribution in [0.4, 0.5) is 0 Å². The summed E-state index contributed by atoms with van der Waals surface area (Å²) >= 11 is 1.32. The van der Waals surface area contributed by atoms with Gasteiger partial charge in [-0.15, -0.1) is 21.5 Å². The third-order valence-electron chi connectivity index (χ3n) is 2.30. The first-order valence-electron chi connectivity index (χ1n) is 5.51. The maximum absolute atomic E-state index is 11.7. The summed E-state index contributed by atoms with van der Waals surface area (Å²) in [6.07, 6.45) is 0. The Balaban J connectivity index is 1.80. The molecule has 1 unspecified atom stereocenters. The van der Waals surface area contributed by atoms with E-state index in [1.807, 2.05) is 0 Å². The SMILES string of the molecule is CC(NC(=O)c1cccs1)C(=O)NCc1nn[nH]n1. The highest BCUT2D eigenvalue weighted by atomic mass is 32.1. The molecule has 2 aromatic heterocycles. The summed E-state index contributed by atoms with van der Waals surface area (Å²) in [5.74, 6) is -0.197. The predicted octanol–water partition coefficient (Wildman–Crippen LogP) is -0.304. The molecule has 0 aliphatic carbocycles. The van der Waals surface area contributed by atoms with Gasteiger partial charge in [0.2, 0.25) is 5.91 Å². The van der Waals surface area contributed by atoms with Crippen molar-refractivity contribution in [1.29, 1.82) is 0 Å². The van der Waals surface area contributed by atoms with E-state index < -0.39 is 6.04 Å². The van der Waals surface area contributed by atoms with Crippen LogP contribution in [0, 0.1) is 0 Å². The Morgan fingerprint density at radius 2 is 2.37 bits per heavy atom. The number of hydrogen-bond acceptors (Lipinski definition) is 6. The number of thiophene rings is 1. The van der Waals surface area contributed by atoms with Crippen molar-refractivity contribution in [2.24, 2.45) is 0 Å². The molecule has 2 heterocycles. The second-order valence-electron chi connectivity index (χ2n) is 3.72. The Morgan fingerprint density at radius 3 is 3.00 bits per heavy atom. The maximum Gasteiger partial charge on any atom is 0.261 e. The number of tetrazole rings is 1. The van der Waals surface area contributed by atoms with Gasteiger partial charge in [0.05, 0.1) is 11.4 Å². The van der Waals surface area contributed by atoms with Crippen molar-refractivity contribution < 1.29 is 9.59 Å². The fraction of sp³-hybridized carbons (Fsp3) is 0.300. The summed E-state index contributed by atoms with van der Waals surface area (Å²) in [7, 11) is 0. The third kappa shape index (κ3) is 3.58. The van der Waals surface area contributed by atoms with Gasteiger partial charge in [0, 0.05) is 0 Å². The quantitative estimate of drug-likeness (QED) is 0.695. The van der Waals surface area contributed by atoms with Crippen LogP contribution in [0.25, 0.3) is 0 Å². The van der Waals surface area contributed by atoms with Gasteiger partial charge < -0.3 is 10.6 Å². The van der Waals surface area contributed by atoms with Gasteiger partial charge >= 0.3 is 0 Å². The number of H-pyrrole nitrogens is 1. The van der Waals surface area contributed by atoms with Gasteiger partial charge in [-0.25, -0.2) is 0 Å². The van der Waals surface area contributed by atoms with Gasteiger partial charge in [-0.1, -0.05) is 11.3 Å². The minimum Gasteiger partial charge on any atom is -0.347 e. The Kier molecular flexibility index (Phi) is 4.18. The van der Waals surface area contributed by atoms with Crippen LogP contribution in [0.3, 0.4) is 0 Å². The molecule has 0 aliphatic heterocycles. The fourth-order valence-electron chi connectivity index (χ4n) is 1.32. The standard InChI is InChI=1S/C10H12N6O2S/c1-6(12-10(18)7-3-2-4-19-7)9(17)11-5-8-13-15-16-14-8/h2-4,6H,5H2,1H3,(H,11,17)(H,12,18)(H,13,14,15,16). The van der Waals surface area contributed by atoms with Crippen molar-refractivity contribution in [3.63, 3.8) is 0 Å². The number of carbonyl (C=O) groups excluding carboxylic acids is 2. The molecule has 8 nitrogen and oxygen atoms in total. The molecule has 0 saturated carbocycles. The van der Waals surface area contributed by atoms with Gasteiger partial charge in [0.25, 0.3) is 5.91 Å². The van der Waals surface area contributed by atoms with Crippen LogP contribution in [0.2, 0.25) is 0 Å². The minimum atomic E-state index is -0.637. The summed E-state index contributed by atoms with van der Waals surface area (Å²) in [6.45, 7) is 1.77. The second-order valence-corrected chi connectivity index (χ2v) is 4.67. The molecule has 9 heteroatoms. The molecular formula is C10H12N6O2S. The van der Waals surface area contributed by atoms with E-state index in [9.17, 15) is 9.59 Å². The molecule has 0 aromatic carbocycles. The van der Waals surface area contributed by atoms with E-state index in [2.05, 4.69) is 31.3 Å². The van der Waals surface area contributed by atoms with Crippen LogP contribution in [0.1, 0.15) is 22.4 Å². The van der Waals surface area contributed by atoms with Crippen LogP contribution in [-0.2, 0) is 11.3 Å². The number of hydrogen-bond donors (Lipinski definition) is 3. The molecule has 19 heavy (non-hydrogen) atoms. The number of aromatic amines is 1. The van der Waals surface area contributed by atoms with Crippen molar-refractivity contribution >= 4 is 23.2 Å². The normalized spacial score (nSPS) is 11.8. The zero-order valence-electron chi connectivity index (χ0n) is 10.1. The third-order valence-corrected chi connectivity index (χ3v) is 3.16. The van der Waals surface area contributed by atoms with E-state index in [0.717, 1.165) is 0 Å². The minimum absolute atomic E-state index is 0.161.